The first-order valence-corrected chi connectivity index (χ1v) is 11.8. The number of carbonyl (C=O) groups excluding carboxylic acids is 1. The Kier molecular flexibility index (Phi) is 6.71. The average Bonchev–Trinajstić information content (AvgIpc) is 3.35. The molecule has 0 aliphatic heterocycles. The average molecular weight is 468 g/mol. The van der Waals surface area contributed by atoms with Crippen molar-refractivity contribution in [3.63, 3.8) is 0 Å². The minimum Gasteiger partial charge on any atom is -0.506 e. The van der Waals surface area contributed by atoms with Gasteiger partial charge in [-0.3, -0.25) is 14.5 Å². The van der Waals surface area contributed by atoms with E-state index in [1.54, 1.807) is 13.8 Å². The van der Waals surface area contributed by atoms with E-state index in [-0.39, 0.29) is 27.6 Å². The van der Waals surface area contributed by atoms with Crippen LogP contribution in [0.15, 0.2) is 40.6 Å². The summed E-state index contributed by atoms with van der Waals surface area (Å²) in [5.41, 5.74) is 0.000850. The second kappa shape index (κ2) is 9.08. The zero-order valence-electron chi connectivity index (χ0n) is 16.3. The molecule has 0 aliphatic rings. The fourth-order valence-corrected chi connectivity index (χ4v) is 5.28. The van der Waals surface area contributed by atoms with Gasteiger partial charge in [-0.15, -0.1) is 11.3 Å². The molecule has 0 unspecified atom stereocenters. The van der Waals surface area contributed by atoms with Crippen molar-refractivity contribution in [2.45, 2.75) is 25.3 Å². The van der Waals surface area contributed by atoms with Crippen molar-refractivity contribution in [2.24, 2.45) is 0 Å². The molecule has 0 bridgehead atoms. The maximum atomic E-state index is 12.7. The molecule has 0 radical (unpaired) electrons. The highest BCUT2D eigenvalue weighted by molar-refractivity contribution is 7.89. The number of sulfonamides is 1. The normalized spacial score (nSPS) is 11.7. The molecule has 12 heteroatoms. The van der Waals surface area contributed by atoms with Gasteiger partial charge in [-0.2, -0.15) is 9.40 Å². The monoisotopic (exact) mass is 467 g/mol. The number of phenols is 1. The Morgan fingerprint density at radius 1 is 1.33 bits per heavy atom. The molecule has 0 atom stereocenters. The number of carbonyl (C=O) groups is 1. The van der Waals surface area contributed by atoms with E-state index in [9.17, 15) is 18.3 Å². The van der Waals surface area contributed by atoms with Crippen LogP contribution < -0.4 is 5.32 Å². The highest BCUT2D eigenvalue weighted by atomic mass is 32.2. The van der Waals surface area contributed by atoms with Crippen LogP contribution in [0, 0.1) is 4.77 Å². The molecule has 3 aromatic rings. The molecule has 0 spiro atoms. The van der Waals surface area contributed by atoms with Gasteiger partial charge in [0.25, 0.3) is 0 Å². The second-order valence-electron chi connectivity index (χ2n) is 6.23. The van der Waals surface area contributed by atoms with Gasteiger partial charge in [-0.25, -0.2) is 8.42 Å². The predicted octanol–water partition coefficient (Wildman–Crippen LogP) is 3.04. The van der Waals surface area contributed by atoms with E-state index in [0.717, 1.165) is 4.88 Å². The van der Waals surface area contributed by atoms with E-state index >= 15 is 0 Å². The summed E-state index contributed by atoms with van der Waals surface area (Å²) in [6.07, 6.45) is 0. The number of hydrogen-bond acceptors (Lipinski definition) is 7. The lowest BCUT2D eigenvalue weighted by Gasteiger charge is -2.19. The minimum absolute atomic E-state index is 0.000850. The zero-order chi connectivity index (χ0) is 21.9. The number of amides is 1. The molecule has 3 rings (SSSR count). The van der Waals surface area contributed by atoms with E-state index in [4.69, 9.17) is 12.2 Å². The summed E-state index contributed by atoms with van der Waals surface area (Å²) in [7, 11) is -3.73. The molecule has 3 N–H and O–H groups in total. The van der Waals surface area contributed by atoms with Crippen LogP contribution in [-0.2, 0) is 21.4 Å². The maximum absolute atomic E-state index is 12.7. The zero-order valence-corrected chi connectivity index (χ0v) is 18.8. The van der Waals surface area contributed by atoms with Crippen molar-refractivity contribution >= 4 is 45.2 Å². The Bertz CT molecular complexity index is 1190. The summed E-state index contributed by atoms with van der Waals surface area (Å²) in [5.74, 6) is -0.207. The van der Waals surface area contributed by atoms with E-state index in [1.807, 2.05) is 17.5 Å². The number of hydrogen-bond donors (Lipinski definition) is 3. The number of H-pyrrole nitrogens is 1. The highest BCUT2D eigenvalue weighted by Gasteiger charge is 2.23. The molecule has 1 amide bonds. The Morgan fingerprint density at radius 3 is 2.70 bits per heavy atom. The van der Waals surface area contributed by atoms with Gasteiger partial charge >= 0.3 is 0 Å². The van der Waals surface area contributed by atoms with E-state index in [2.05, 4.69) is 15.5 Å². The van der Waals surface area contributed by atoms with Crippen molar-refractivity contribution in [1.29, 1.82) is 0 Å². The third-order valence-electron chi connectivity index (χ3n) is 4.39. The van der Waals surface area contributed by atoms with Gasteiger partial charge in [0.05, 0.1) is 15.5 Å². The van der Waals surface area contributed by atoms with Crippen LogP contribution in [0.3, 0.4) is 0 Å². The van der Waals surface area contributed by atoms with Crippen molar-refractivity contribution in [3.05, 3.63) is 40.5 Å². The molecule has 2 heterocycles. The smallest absolute Gasteiger partial charge is 0.244 e. The van der Waals surface area contributed by atoms with Gasteiger partial charge < -0.3 is 10.4 Å². The van der Waals surface area contributed by atoms with Gasteiger partial charge in [-0.1, -0.05) is 19.9 Å². The number of benzene rings is 1. The summed E-state index contributed by atoms with van der Waals surface area (Å²) in [6.45, 7) is 3.94. The van der Waals surface area contributed by atoms with Crippen LogP contribution in [-0.4, -0.2) is 51.6 Å². The number of rotatable bonds is 8. The number of phenolic OH excluding ortho intramolecular Hbond substituents is 1. The topological polar surface area (TPSA) is 120 Å². The molecular weight excluding hydrogens is 446 g/mol. The minimum atomic E-state index is -3.73. The van der Waals surface area contributed by atoms with Crippen molar-refractivity contribution in [1.82, 2.24) is 19.1 Å². The van der Waals surface area contributed by atoms with Crippen LogP contribution in [0.2, 0.25) is 0 Å². The SMILES string of the molecule is CCN(CC)S(=O)(=O)c1ccc(O)c(NC(=O)Cn2c(-c3cccs3)n[nH]c2=S)c1. The first kappa shape index (κ1) is 22.2. The summed E-state index contributed by atoms with van der Waals surface area (Å²) in [4.78, 5) is 13.4. The fraction of sp³-hybridized carbons (Fsp3) is 0.278. The molecule has 30 heavy (non-hydrogen) atoms. The maximum Gasteiger partial charge on any atom is 0.244 e. The molecule has 0 saturated carbocycles. The number of anilines is 1. The van der Waals surface area contributed by atoms with Crippen LogP contribution in [0.4, 0.5) is 5.69 Å². The number of aromatic hydroxyl groups is 1. The van der Waals surface area contributed by atoms with Gasteiger partial charge in [0, 0.05) is 13.1 Å². The molecule has 1 aromatic carbocycles. The Labute approximate surface area is 183 Å². The fourth-order valence-electron chi connectivity index (χ4n) is 2.88. The quantitative estimate of drug-likeness (QED) is 0.346. The Hall–Kier alpha value is -2.54. The predicted molar refractivity (Wildman–Crippen MR) is 118 cm³/mol. The second-order valence-corrected chi connectivity index (χ2v) is 9.50. The lowest BCUT2D eigenvalue weighted by Crippen LogP contribution is -2.30. The Morgan fingerprint density at radius 2 is 2.07 bits per heavy atom. The largest absolute Gasteiger partial charge is 0.506 e. The van der Waals surface area contributed by atoms with Crippen LogP contribution in [0.5, 0.6) is 5.75 Å². The van der Waals surface area contributed by atoms with Crippen molar-refractivity contribution in [3.8, 4) is 16.5 Å². The van der Waals surface area contributed by atoms with Gasteiger partial charge in [0.2, 0.25) is 15.9 Å². The van der Waals surface area contributed by atoms with Crippen LogP contribution in [0.25, 0.3) is 10.7 Å². The number of thiophene rings is 1. The van der Waals surface area contributed by atoms with Gasteiger partial charge in [-0.05, 0) is 41.9 Å². The summed E-state index contributed by atoms with van der Waals surface area (Å²) >= 11 is 6.67. The third kappa shape index (κ3) is 4.46. The first-order chi connectivity index (χ1) is 14.3. The van der Waals surface area contributed by atoms with E-state index in [0.29, 0.717) is 18.9 Å². The first-order valence-electron chi connectivity index (χ1n) is 9.10. The summed E-state index contributed by atoms with van der Waals surface area (Å²) in [6, 6.07) is 7.52. The van der Waals surface area contributed by atoms with Crippen molar-refractivity contribution < 1.29 is 18.3 Å². The van der Waals surface area contributed by atoms with Crippen LogP contribution in [0.1, 0.15) is 13.8 Å². The number of nitrogens with zero attached hydrogens (tertiary/aromatic N) is 3. The Balaban J connectivity index is 1.85. The van der Waals surface area contributed by atoms with Crippen LogP contribution >= 0.6 is 23.6 Å². The third-order valence-corrected chi connectivity index (χ3v) is 7.61. The summed E-state index contributed by atoms with van der Waals surface area (Å²) < 4.78 is 28.5. The number of aromatic nitrogens is 3. The molecule has 0 aliphatic carbocycles. The molecule has 2 aromatic heterocycles. The van der Waals surface area contributed by atoms with Gasteiger partial charge in [0.15, 0.2) is 10.6 Å². The molecular formula is C18H21N5O4S3. The van der Waals surface area contributed by atoms with E-state index in [1.165, 1.54) is 38.4 Å². The summed E-state index contributed by atoms with van der Waals surface area (Å²) in [5, 5.41) is 21.4. The molecule has 0 saturated heterocycles. The van der Waals surface area contributed by atoms with Crippen molar-refractivity contribution in [2.75, 3.05) is 18.4 Å². The standard InChI is InChI=1S/C18H21N5O4S3/c1-3-22(4-2)30(26,27)12-7-8-14(24)13(10-12)19-16(25)11-23-17(20-21-18(23)28)15-6-5-9-29-15/h5-10,24H,3-4,11H2,1-2H3,(H,19,25)(H,21,28). The highest BCUT2D eigenvalue weighted by Crippen LogP contribution is 2.28. The molecule has 9 nitrogen and oxygen atoms in total. The lowest BCUT2D eigenvalue weighted by atomic mass is 10.3. The number of nitrogens with one attached hydrogen (secondary N) is 2. The van der Waals surface area contributed by atoms with Gasteiger partial charge in [0.1, 0.15) is 12.3 Å². The lowest BCUT2D eigenvalue weighted by molar-refractivity contribution is -0.116. The number of aromatic amines is 1. The molecule has 0 fully saturated rings. The van der Waals surface area contributed by atoms with E-state index < -0.39 is 15.9 Å². The molecule has 160 valence electrons.